The number of ether oxygens (including phenoxy) is 2. The maximum Gasteiger partial charge on any atom is 0.261 e. The van der Waals surface area contributed by atoms with E-state index in [4.69, 9.17) is 9.47 Å². The van der Waals surface area contributed by atoms with Crippen LogP contribution in [0, 0.1) is 6.92 Å². The fraction of sp³-hybridized carbons (Fsp3) is 0.263. The predicted octanol–water partition coefficient (Wildman–Crippen LogP) is 2.42. The number of nitrogens with one attached hydrogen (secondary N) is 1. The molecule has 0 unspecified atom stereocenters. The summed E-state index contributed by atoms with van der Waals surface area (Å²) in [6.07, 6.45) is -0.390. The lowest BCUT2D eigenvalue weighted by Crippen LogP contribution is -2.36. The van der Waals surface area contributed by atoms with Gasteiger partial charge >= 0.3 is 0 Å². The first-order valence-corrected chi connectivity index (χ1v) is 7.79. The number of benzene rings is 2. The van der Waals surface area contributed by atoms with Gasteiger partial charge < -0.3 is 19.9 Å². The van der Waals surface area contributed by atoms with E-state index in [-0.39, 0.29) is 5.56 Å². The zero-order valence-corrected chi connectivity index (χ0v) is 14.3. The fourth-order valence-electron chi connectivity index (χ4n) is 2.99. The topological polar surface area (TPSA) is 84.9 Å². The molecule has 1 heterocycles. The quantitative estimate of drug-likeness (QED) is 0.816. The Kier molecular flexibility index (Phi) is 4.22. The van der Waals surface area contributed by atoms with Crippen molar-refractivity contribution in [1.82, 2.24) is 0 Å². The molecule has 1 aliphatic heterocycles. The Hall–Kier alpha value is -2.86. The van der Waals surface area contributed by atoms with Crippen molar-refractivity contribution >= 4 is 17.4 Å². The second-order valence-corrected chi connectivity index (χ2v) is 6.03. The number of anilines is 1. The molecule has 0 bridgehead atoms. The minimum Gasteiger partial charge on any atom is -0.497 e. The minimum atomic E-state index is -1.91. The molecule has 2 aromatic rings. The maximum absolute atomic E-state index is 12.8. The number of aliphatic hydroxyl groups is 1. The van der Waals surface area contributed by atoms with E-state index in [1.165, 1.54) is 20.3 Å². The molecule has 1 amide bonds. The Morgan fingerprint density at radius 3 is 2.60 bits per heavy atom. The zero-order chi connectivity index (χ0) is 18.2. The van der Waals surface area contributed by atoms with Crippen LogP contribution < -0.4 is 14.8 Å². The molecule has 1 aliphatic rings. The van der Waals surface area contributed by atoms with Gasteiger partial charge in [-0.25, -0.2) is 0 Å². The molecule has 2 aromatic carbocycles. The van der Waals surface area contributed by atoms with Crippen molar-refractivity contribution in [3.8, 4) is 11.5 Å². The Bertz CT molecular complexity index is 861. The van der Waals surface area contributed by atoms with Crippen molar-refractivity contribution in [3.63, 3.8) is 0 Å². The Balaban J connectivity index is 1.99. The largest absolute Gasteiger partial charge is 0.497 e. The van der Waals surface area contributed by atoms with Gasteiger partial charge in [-0.2, -0.15) is 0 Å². The summed E-state index contributed by atoms with van der Waals surface area (Å²) in [5.74, 6) is -0.174. The van der Waals surface area contributed by atoms with Gasteiger partial charge in [-0.05, 0) is 31.2 Å². The highest BCUT2D eigenvalue weighted by atomic mass is 16.5. The Morgan fingerprint density at radius 2 is 1.92 bits per heavy atom. The molecule has 2 N–H and O–H groups in total. The third kappa shape index (κ3) is 2.85. The average molecular weight is 341 g/mol. The third-order valence-electron chi connectivity index (χ3n) is 4.37. The van der Waals surface area contributed by atoms with Gasteiger partial charge in [-0.15, -0.1) is 0 Å². The van der Waals surface area contributed by atoms with E-state index in [0.717, 1.165) is 5.56 Å². The molecule has 130 valence electrons. The molecule has 0 spiro atoms. The summed E-state index contributed by atoms with van der Waals surface area (Å²) in [7, 11) is 2.95. The van der Waals surface area contributed by atoms with Crippen molar-refractivity contribution < 1.29 is 24.2 Å². The standard InChI is InChI=1S/C19H19NO5/c1-11-4-6-15-14(8-11)19(23,18(22)20-15)10-16(21)13-9-12(24-2)5-7-17(13)25-3/h4-9,23H,10H2,1-3H3,(H,20,22)/t19-/m0/s1. The number of Topliss-reactive ketones (excluding diaryl/α,β-unsaturated/α-hetero) is 1. The van der Waals surface area contributed by atoms with Crippen molar-refractivity contribution in [2.24, 2.45) is 0 Å². The second kappa shape index (κ2) is 6.22. The predicted molar refractivity (Wildman–Crippen MR) is 92.2 cm³/mol. The van der Waals surface area contributed by atoms with Crippen molar-refractivity contribution in [1.29, 1.82) is 0 Å². The second-order valence-electron chi connectivity index (χ2n) is 6.03. The number of hydrogen-bond donors (Lipinski definition) is 2. The van der Waals surface area contributed by atoms with Gasteiger partial charge in [0.05, 0.1) is 26.2 Å². The molecule has 0 aliphatic carbocycles. The SMILES string of the molecule is COc1ccc(OC)c(C(=O)C[C@@]2(O)C(=O)Nc3ccc(C)cc32)c1. The first kappa shape index (κ1) is 17.0. The van der Waals surface area contributed by atoms with Crippen LogP contribution in [0.1, 0.15) is 27.9 Å². The molecule has 25 heavy (non-hydrogen) atoms. The maximum atomic E-state index is 12.8. The molecule has 0 aromatic heterocycles. The average Bonchev–Trinajstić information content (AvgIpc) is 2.85. The molecule has 0 radical (unpaired) electrons. The lowest BCUT2D eigenvalue weighted by Gasteiger charge is -2.21. The Labute approximate surface area is 145 Å². The zero-order valence-electron chi connectivity index (χ0n) is 14.3. The first-order chi connectivity index (χ1) is 11.9. The van der Waals surface area contributed by atoms with Crippen LogP contribution in [0.3, 0.4) is 0 Å². The van der Waals surface area contributed by atoms with Crippen LogP contribution in [0.4, 0.5) is 5.69 Å². The highest BCUT2D eigenvalue weighted by Gasteiger charge is 2.47. The minimum absolute atomic E-state index is 0.254. The summed E-state index contributed by atoms with van der Waals surface area (Å²) in [5, 5.41) is 13.6. The van der Waals surface area contributed by atoms with Gasteiger partial charge in [0.15, 0.2) is 11.4 Å². The fourth-order valence-corrected chi connectivity index (χ4v) is 2.99. The number of fused-ring (bicyclic) bond motifs is 1. The molecular weight excluding hydrogens is 322 g/mol. The summed E-state index contributed by atoms with van der Waals surface area (Å²) in [4.78, 5) is 25.2. The smallest absolute Gasteiger partial charge is 0.261 e. The first-order valence-electron chi connectivity index (χ1n) is 7.79. The normalized spacial score (nSPS) is 18.5. The van der Waals surface area contributed by atoms with Gasteiger partial charge in [-0.3, -0.25) is 9.59 Å². The van der Waals surface area contributed by atoms with Crippen LogP contribution in [0.25, 0.3) is 0 Å². The summed E-state index contributed by atoms with van der Waals surface area (Å²) in [5.41, 5.74) is 0.160. The molecule has 0 saturated heterocycles. The molecule has 3 rings (SSSR count). The van der Waals surface area contributed by atoms with Crippen LogP contribution in [0.2, 0.25) is 0 Å². The van der Waals surface area contributed by atoms with E-state index in [1.54, 1.807) is 24.3 Å². The van der Waals surface area contributed by atoms with Crippen LogP contribution >= 0.6 is 0 Å². The van der Waals surface area contributed by atoms with Crippen LogP contribution in [-0.4, -0.2) is 31.0 Å². The van der Waals surface area contributed by atoms with E-state index < -0.39 is 23.7 Å². The molecule has 0 fully saturated rings. The van der Waals surface area contributed by atoms with Crippen molar-refractivity contribution in [2.75, 3.05) is 19.5 Å². The number of carbonyl (C=O) groups is 2. The molecule has 1 atom stereocenters. The number of amides is 1. The van der Waals surface area contributed by atoms with E-state index in [1.807, 2.05) is 13.0 Å². The van der Waals surface area contributed by atoms with E-state index in [0.29, 0.717) is 22.7 Å². The van der Waals surface area contributed by atoms with Gasteiger partial charge in [0, 0.05) is 11.3 Å². The van der Waals surface area contributed by atoms with Crippen molar-refractivity contribution in [3.05, 3.63) is 53.1 Å². The van der Waals surface area contributed by atoms with Crippen LogP contribution in [0.5, 0.6) is 11.5 Å². The van der Waals surface area contributed by atoms with E-state index in [9.17, 15) is 14.7 Å². The lowest BCUT2D eigenvalue weighted by molar-refractivity contribution is -0.133. The lowest BCUT2D eigenvalue weighted by atomic mass is 9.87. The summed E-state index contributed by atoms with van der Waals surface area (Å²) < 4.78 is 10.4. The van der Waals surface area contributed by atoms with Crippen molar-refractivity contribution in [2.45, 2.75) is 18.9 Å². The molecule has 6 heteroatoms. The molecular formula is C19H19NO5. The number of rotatable bonds is 5. The van der Waals surface area contributed by atoms with Crippen LogP contribution in [-0.2, 0) is 10.4 Å². The number of aryl methyl sites for hydroxylation is 1. The summed E-state index contributed by atoms with van der Waals surface area (Å²) >= 11 is 0. The van der Waals surface area contributed by atoms with Gasteiger partial charge in [0.25, 0.3) is 5.91 Å². The van der Waals surface area contributed by atoms with Crippen LogP contribution in [0.15, 0.2) is 36.4 Å². The van der Waals surface area contributed by atoms with Gasteiger partial charge in [-0.1, -0.05) is 17.7 Å². The summed E-state index contributed by atoms with van der Waals surface area (Å²) in [6.45, 7) is 1.86. The number of methoxy groups -OCH3 is 2. The highest BCUT2D eigenvalue weighted by molar-refractivity contribution is 6.10. The third-order valence-corrected chi connectivity index (χ3v) is 4.37. The Morgan fingerprint density at radius 1 is 1.16 bits per heavy atom. The van der Waals surface area contributed by atoms with E-state index >= 15 is 0 Å². The monoisotopic (exact) mass is 341 g/mol. The number of carbonyl (C=O) groups excluding carboxylic acids is 2. The van der Waals surface area contributed by atoms with Gasteiger partial charge in [0.1, 0.15) is 11.5 Å². The van der Waals surface area contributed by atoms with E-state index in [2.05, 4.69) is 5.32 Å². The highest BCUT2D eigenvalue weighted by Crippen LogP contribution is 2.40. The number of ketones is 1. The molecule has 6 nitrogen and oxygen atoms in total. The molecule has 0 saturated carbocycles. The number of hydrogen-bond acceptors (Lipinski definition) is 5. The summed E-state index contributed by atoms with van der Waals surface area (Å²) in [6, 6.07) is 10.1. The van der Waals surface area contributed by atoms with Gasteiger partial charge in [0.2, 0.25) is 0 Å².